The largest absolute Gasteiger partial charge is 0.393 e. The summed E-state index contributed by atoms with van der Waals surface area (Å²) >= 11 is 0. The zero-order valence-electron chi connectivity index (χ0n) is 15.5. The Kier molecular flexibility index (Phi) is 3.66. The molecule has 4 nitrogen and oxygen atoms in total. The predicted octanol–water partition coefficient (Wildman–Crippen LogP) is 2.81. The summed E-state index contributed by atoms with van der Waals surface area (Å²) in [5, 5.41) is 21.2. The van der Waals surface area contributed by atoms with Crippen molar-refractivity contribution < 1.29 is 19.8 Å². The summed E-state index contributed by atoms with van der Waals surface area (Å²) in [5.74, 6) is 0.280. The number of aliphatic hydroxyl groups is 2. The zero-order valence-corrected chi connectivity index (χ0v) is 15.5. The van der Waals surface area contributed by atoms with E-state index in [2.05, 4.69) is 6.92 Å². The van der Waals surface area contributed by atoms with Crippen molar-refractivity contribution in [2.45, 2.75) is 77.4 Å². The molecule has 7 atom stereocenters. The Morgan fingerprint density at radius 1 is 1.12 bits per heavy atom. The van der Waals surface area contributed by atoms with E-state index in [1.807, 2.05) is 6.92 Å². The van der Waals surface area contributed by atoms with Gasteiger partial charge in [-0.1, -0.05) is 19.4 Å². The van der Waals surface area contributed by atoms with Gasteiger partial charge in [-0.3, -0.25) is 9.59 Å². The molecule has 0 heterocycles. The zero-order chi connectivity index (χ0) is 18.2. The van der Waals surface area contributed by atoms with E-state index in [4.69, 9.17) is 0 Å². The van der Waals surface area contributed by atoms with Gasteiger partial charge >= 0.3 is 0 Å². The van der Waals surface area contributed by atoms with Gasteiger partial charge in [0.1, 0.15) is 5.60 Å². The molecule has 0 saturated heterocycles. The quantitative estimate of drug-likeness (QED) is 0.766. The van der Waals surface area contributed by atoms with Crippen molar-refractivity contribution in [2.75, 3.05) is 0 Å². The number of rotatable bonds is 1. The lowest BCUT2D eigenvalue weighted by Gasteiger charge is -2.57. The van der Waals surface area contributed by atoms with Crippen molar-refractivity contribution in [1.29, 1.82) is 0 Å². The van der Waals surface area contributed by atoms with Crippen LogP contribution >= 0.6 is 0 Å². The molecule has 0 radical (unpaired) electrons. The predicted molar refractivity (Wildman–Crippen MR) is 93.7 cm³/mol. The molecule has 0 spiro atoms. The summed E-state index contributed by atoms with van der Waals surface area (Å²) in [6, 6.07) is 0. The van der Waals surface area contributed by atoms with E-state index in [1.165, 1.54) is 6.92 Å². The first-order chi connectivity index (χ1) is 11.6. The second-order valence-corrected chi connectivity index (χ2v) is 9.54. The molecule has 0 aromatic heterocycles. The minimum Gasteiger partial charge on any atom is -0.393 e. The molecule has 4 rings (SSSR count). The highest BCUT2D eigenvalue weighted by atomic mass is 16.3. The monoisotopic (exact) mass is 346 g/mol. The van der Waals surface area contributed by atoms with E-state index in [0.717, 1.165) is 37.7 Å². The third-order valence-electron chi connectivity index (χ3n) is 8.65. The van der Waals surface area contributed by atoms with Crippen LogP contribution in [0.5, 0.6) is 0 Å². The minimum absolute atomic E-state index is 0.0178. The number of carbonyl (C=O) groups excluding carboxylic acids is 2. The van der Waals surface area contributed by atoms with Crippen LogP contribution < -0.4 is 0 Å². The van der Waals surface area contributed by atoms with E-state index in [-0.39, 0.29) is 40.8 Å². The molecule has 25 heavy (non-hydrogen) atoms. The second kappa shape index (κ2) is 5.26. The maximum absolute atomic E-state index is 13.1. The Balaban J connectivity index is 1.76. The highest BCUT2D eigenvalue weighted by molar-refractivity contribution is 5.95. The second-order valence-electron chi connectivity index (χ2n) is 9.54. The summed E-state index contributed by atoms with van der Waals surface area (Å²) in [4.78, 5) is 25.3. The summed E-state index contributed by atoms with van der Waals surface area (Å²) in [5.41, 5.74) is -0.668. The number of hydrogen-bond acceptors (Lipinski definition) is 4. The normalized spacial score (nSPS) is 52.0. The molecule has 138 valence electrons. The first-order valence-corrected chi connectivity index (χ1v) is 9.80. The van der Waals surface area contributed by atoms with Crippen LogP contribution in [0.3, 0.4) is 0 Å². The van der Waals surface area contributed by atoms with Crippen LogP contribution in [0.25, 0.3) is 0 Å². The first-order valence-electron chi connectivity index (χ1n) is 9.80. The van der Waals surface area contributed by atoms with Crippen LogP contribution in [0, 0.1) is 28.6 Å². The molecule has 3 saturated carbocycles. The third kappa shape index (κ3) is 2.07. The minimum atomic E-state index is -1.28. The fourth-order valence-corrected chi connectivity index (χ4v) is 6.98. The fourth-order valence-electron chi connectivity index (χ4n) is 6.98. The fraction of sp³-hybridized carbons (Fsp3) is 0.810. The van der Waals surface area contributed by atoms with Gasteiger partial charge in [0.25, 0.3) is 0 Å². The van der Waals surface area contributed by atoms with Crippen LogP contribution in [0.4, 0.5) is 0 Å². The SMILES string of the molecule is CC(=O)[C@@]1(O)CC[C@H]2[C@@H]3C(=O)C=C4C[C@@H](O)CC[C@]4(C)[C@H]3CC[C@@]21C. The van der Waals surface area contributed by atoms with Crippen molar-refractivity contribution in [2.24, 2.45) is 28.6 Å². The molecule has 0 aliphatic heterocycles. The number of aliphatic hydroxyl groups excluding tert-OH is 1. The standard InChI is InChI=1S/C21H30O4/c1-12(22)21(25)9-6-16-18-15(5-8-20(16,21)3)19(2)7-4-14(23)10-13(19)11-17(18)24/h11,14-16,18,23,25H,4-10H2,1-3H3/t14-,15-,16-,18+,19-,20-,21-/m0/s1. The Labute approximate surface area is 149 Å². The number of Topliss-reactive ketones (excluding diaryl/α,β-unsaturated/α-hetero) is 1. The molecular weight excluding hydrogens is 316 g/mol. The van der Waals surface area contributed by atoms with Gasteiger partial charge in [-0.2, -0.15) is 0 Å². The Hall–Kier alpha value is -1.00. The first kappa shape index (κ1) is 17.4. The van der Waals surface area contributed by atoms with Gasteiger partial charge < -0.3 is 10.2 Å². The van der Waals surface area contributed by atoms with Crippen molar-refractivity contribution in [3.63, 3.8) is 0 Å². The van der Waals surface area contributed by atoms with Gasteiger partial charge in [-0.15, -0.1) is 0 Å². The van der Waals surface area contributed by atoms with Crippen LogP contribution in [0.15, 0.2) is 11.6 Å². The molecule has 4 heteroatoms. The lowest BCUT2D eigenvalue weighted by Crippen LogP contribution is -2.58. The number of ketones is 2. The van der Waals surface area contributed by atoms with Crippen LogP contribution in [0.1, 0.15) is 65.7 Å². The van der Waals surface area contributed by atoms with Crippen molar-refractivity contribution in [3.8, 4) is 0 Å². The smallest absolute Gasteiger partial charge is 0.161 e. The van der Waals surface area contributed by atoms with E-state index >= 15 is 0 Å². The van der Waals surface area contributed by atoms with Gasteiger partial charge in [0.2, 0.25) is 0 Å². The maximum Gasteiger partial charge on any atom is 0.161 e. The Morgan fingerprint density at radius 3 is 2.48 bits per heavy atom. The van der Waals surface area contributed by atoms with E-state index in [0.29, 0.717) is 12.8 Å². The topological polar surface area (TPSA) is 74.6 Å². The Morgan fingerprint density at radius 2 is 1.80 bits per heavy atom. The number of carbonyl (C=O) groups is 2. The molecule has 0 bridgehead atoms. The number of allylic oxidation sites excluding steroid dienone is 1. The van der Waals surface area contributed by atoms with Gasteiger partial charge in [-0.25, -0.2) is 0 Å². The highest BCUT2D eigenvalue weighted by Crippen LogP contribution is 2.66. The van der Waals surface area contributed by atoms with Gasteiger partial charge in [0.15, 0.2) is 11.6 Å². The molecule has 0 unspecified atom stereocenters. The van der Waals surface area contributed by atoms with Crippen LogP contribution in [-0.2, 0) is 9.59 Å². The maximum atomic E-state index is 13.1. The lowest BCUT2D eigenvalue weighted by atomic mass is 9.46. The molecule has 4 aliphatic carbocycles. The number of fused-ring (bicyclic) bond motifs is 5. The third-order valence-corrected chi connectivity index (χ3v) is 8.65. The summed E-state index contributed by atoms with van der Waals surface area (Å²) in [6.07, 6.45) is 6.72. The summed E-state index contributed by atoms with van der Waals surface area (Å²) < 4.78 is 0. The van der Waals surface area contributed by atoms with Gasteiger partial charge in [0, 0.05) is 11.3 Å². The summed E-state index contributed by atoms with van der Waals surface area (Å²) in [7, 11) is 0. The van der Waals surface area contributed by atoms with Gasteiger partial charge in [0.05, 0.1) is 6.10 Å². The van der Waals surface area contributed by atoms with Crippen LogP contribution in [-0.4, -0.2) is 33.5 Å². The average molecular weight is 346 g/mol. The van der Waals surface area contributed by atoms with Crippen LogP contribution in [0.2, 0.25) is 0 Å². The van der Waals surface area contributed by atoms with E-state index in [9.17, 15) is 19.8 Å². The molecule has 3 fully saturated rings. The molecule has 2 N–H and O–H groups in total. The van der Waals surface area contributed by atoms with E-state index in [1.54, 1.807) is 6.08 Å². The molecule has 0 amide bonds. The highest BCUT2D eigenvalue weighted by Gasteiger charge is 2.66. The number of hydrogen-bond donors (Lipinski definition) is 2. The van der Waals surface area contributed by atoms with Gasteiger partial charge in [-0.05, 0) is 75.2 Å². The molecule has 4 aliphatic rings. The van der Waals surface area contributed by atoms with E-state index < -0.39 is 11.0 Å². The van der Waals surface area contributed by atoms with Crippen molar-refractivity contribution in [3.05, 3.63) is 11.6 Å². The average Bonchev–Trinajstić information content (AvgIpc) is 2.82. The lowest BCUT2D eigenvalue weighted by molar-refractivity contribution is -0.162. The van der Waals surface area contributed by atoms with Crippen molar-refractivity contribution >= 4 is 11.6 Å². The Bertz CT molecular complexity index is 667. The van der Waals surface area contributed by atoms with Crippen molar-refractivity contribution in [1.82, 2.24) is 0 Å². The molecular formula is C21H30O4. The molecule has 0 aromatic rings. The summed E-state index contributed by atoms with van der Waals surface area (Å²) in [6.45, 7) is 5.79. The molecule has 0 aromatic carbocycles.